The Morgan fingerprint density at radius 3 is 2.40 bits per heavy atom. The van der Waals surface area contributed by atoms with Crippen molar-refractivity contribution < 1.29 is 13.9 Å². The van der Waals surface area contributed by atoms with Gasteiger partial charge in [-0.3, -0.25) is 9.69 Å². The number of anilines is 1. The number of hydrogen-bond donors (Lipinski definition) is 0. The summed E-state index contributed by atoms with van der Waals surface area (Å²) in [4.78, 5) is 15.5. The van der Waals surface area contributed by atoms with Crippen molar-refractivity contribution >= 4 is 34.8 Å². The minimum Gasteiger partial charge on any atom is -0.494 e. The van der Waals surface area contributed by atoms with E-state index in [-0.39, 0.29) is 16.8 Å². The molecule has 1 aliphatic heterocycles. The van der Waals surface area contributed by atoms with E-state index < -0.39 is 11.9 Å². The number of hydrogen-bond acceptors (Lipinski definition) is 3. The van der Waals surface area contributed by atoms with Crippen molar-refractivity contribution in [3.05, 3.63) is 105 Å². The number of fused-ring (bicyclic) bond motifs is 1. The topological polar surface area (TPSA) is 47.4 Å². The Morgan fingerprint density at radius 1 is 1.03 bits per heavy atom. The molecule has 2 heterocycles. The normalized spacial score (nSPS) is 15.1. The van der Waals surface area contributed by atoms with E-state index in [4.69, 9.17) is 33.0 Å². The molecule has 3 aromatic carbocycles. The molecule has 0 spiro atoms. The Balaban J connectivity index is 1.78. The molecular formula is C27H22Cl2FN3O2. The van der Waals surface area contributed by atoms with Crippen molar-refractivity contribution in [1.29, 1.82) is 0 Å². The zero-order chi connectivity index (χ0) is 24.9. The molecule has 1 atom stereocenters. The summed E-state index contributed by atoms with van der Waals surface area (Å²) in [6.45, 7) is 4.12. The number of benzene rings is 3. The number of para-hydroxylation sites is 2. The second-order valence-corrected chi connectivity index (χ2v) is 9.46. The Labute approximate surface area is 212 Å². The second-order valence-electron chi connectivity index (χ2n) is 8.61. The summed E-state index contributed by atoms with van der Waals surface area (Å²) in [5.74, 6) is -0.172. The lowest BCUT2D eigenvalue weighted by Crippen LogP contribution is -2.30. The van der Waals surface area contributed by atoms with Gasteiger partial charge in [0.2, 0.25) is 0 Å². The smallest absolute Gasteiger partial charge is 0.280 e. The Kier molecular flexibility index (Phi) is 6.03. The first kappa shape index (κ1) is 23.4. The van der Waals surface area contributed by atoms with Crippen LogP contribution in [-0.4, -0.2) is 22.8 Å². The van der Waals surface area contributed by atoms with E-state index in [0.29, 0.717) is 22.2 Å². The van der Waals surface area contributed by atoms with Gasteiger partial charge < -0.3 is 4.74 Å². The SMILES string of the molecule is COc1ccccc1-n1nc2c(c1C(C)C)C(c1ccc(Cl)cc1)N(c1ccc(F)c(Cl)c1)C2=O. The van der Waals surface area contributed by atoms with E-state index in [1.807, 2.05) is 36.4 Å². The number of carbonyl (C=O) groups is 1. The molecule has 4 aromatic rings. The monoisotopic (exact) mass is 509 g/mol. The van der Waals surface area contributed by atoms with Crippen LogP contribution in [0.15, 0.2) is 66.7 Å². The van der Waals surface area contributed by atoms with E-state index in [9.17, 15) is 9.18 Å². The first-order valence-corrected chi connectivity index (χ1v) is 11.9. The number of carbonyl (C=O) groups excluding carboxylic acids is 1. The highest BCUT2D eigenvalue weighted by Gasteiger charge is 2.45. The third-order valence-electron chi connectivity index (χ3n) is 6.14. The molecule has 5 nitrogen and oxygen atoms in total. The van der Waals surface area contributed by atoms with Crippen LogP contribution in [0.25, 0.3) is 5.69 Å². The Morgan fingerprint density at radius 2 is 1.74 bits per heavy atom. The first-order chi connectivity index (χ1) is 16.8. The van der Waals surface area contributed by atoms with Crippen LogP contribution in [-0.2, 0) is 0 Å². The molecule has 0 fully saturated rings. The maximum Gasteiger partial charge on any atom is 0.280 e. The zero-order valence-electron chi connectivity index (χ0n) is 19.3. The molecule has 5 rings (SSSR count). The maximum atomic E-state index is 14.0. The summed E-state index contributed by atoms with van der Waals surface area (Å²) < 4.78 is 21.3. The van der Waals surface area contributed by atoms with E-state index in [0.717, 1.165) is 22.5 Å². The highest BCUT2D eigenvalue weighted by Crippen LogP contribution is 2.46. The molecule has 0 N–H and O–H groups in total. The van der Waals surface area contributed by atoms with Crippen LogP contribution >= 0.6 is 23.2 Å². The molecule has 0 saturated heterocycles. The lowest BCUT2D eigenvalue weighted by atomic mass is 9.94. The molecule has 8 heteroatoms. The van der Waals surface area contributed by atoms with Crippen LogP contribution in [0, 0.1) is 5.82 Å². The molecule has 35 heavy (non-hydrogen) atoms. The molecule has 1 amide bonds. The molecule has 1 unspecified atom stereocenters. The van der Waals surface area contributed by atoms with E-state index in [1.54, 1.807) is 34.9 Å². The van der Waals surface area contributed by atoms with Crippen LogP contribution in [0.4, 0.5) is 10.1 Å². The molecule has 0 aliphatic carbocycles. The van der Waals surface area contributed by atoms with Gasteiger partial charge in [-0.25, -0.2) is 9.07 Å². The molecule has 178 valence electrons. The van der Waals surface area contributed by atoms with Gasteiger partial charge in [0.05, 0.1) is 23.9 Å². The minimum absolute atomic E-state index is 0.0236. The largest absolute Gasteiger partial charge is 0.494 e. The summed E-state index contributed by atoms with van der Waals surface area (Å²) in [5.41, 5.74) is 4.08. The van der Waals surface area contributed by atoms with Gasteiger partial charge in [-0.05, 0) is 53.9 Å². The van der Waals surface area contributed by atoms with Crippen molar-refractivity contribution in [2.75, 3.05) is 12.0 Å². The van der Waals surface area contributed by atoms with Crippen LogP contribution in [0.3, 0.4) is 0 Å². The maximum absolute atomic E-state index is 14.0. The van der Waals surface area contributed by atoms with Crippen molar-refractivity contribution in [3.8, 4) is 11.4 Å². The number of ether oxygens (including phenoxy) is 1. The van der Waals surface area contributed by atoms with Crippen molar-refractivity contribution in [3.63, 3.8) is 0 Å². The average molecular weight is 510 g/mol. The summed E-state index contributed by atoms with van der Waals surface area (Å²) in [6.07, 6.45) is 0. The third kappa shape index (κ3) is 3.87. The minimum atomic E-state index is -0.549. The number of amides is 1. The molecule has 0 radical (unpaired) electrons. The van der Waals surface area contributed by atoms with Gasteiger partial charge in [0.25, 0.3) is 5.91 Å². The van der Waals surface area contributed by atoms with Crippen LogP contribution < -0.4 is 9.64 Å². The second kappa shape index (κ2) is 9.02. The van der Waals surface area contributed by atoms with Gasteiger partial charge in [0.15, 0.2) is 5.69 Å². The lowest BCUT2D eigenvalue weighted by Gasteiger charge is -2.28. The summed E-state index contributed by atoms with van der Waals surface area (Å²) in [6, 6.07) is 18.7. The molecule has 0 saturated carbocycles. The van der Waals surface area contributed by atoms with Gasteiger partial charge in [-0.2, -0.15) is 5.10 Å². The number of nitrogens with zero attached hydrogens (tertiary/aromatic N) is 3. The summed E-state index contributed by atoms with van der Waals surface area (Å²) in [5, 5.41) is 5.32. The molecule has 1 aliphatic rings. The predicted molar refractivity (Wildman–Crippen MR) is 136 cm³/mol. The predicted octanol–water partition coefficient (Wildman–Crippen LogP) is 7.20. The third-order valence-corrected chi connectivity index (χ3v) is 6.68. The zero-order valence-corrected chi connectivity index (χ0v) is 20.8. The van der Waals surface area contributed by atoms with Crippen LogP contribution in [0.1, 0.15) is 53.1 Å². The van der Waals surface area contributed by atoms with Gasteiger partial charge in [-0.15, -0.1) is 0 Å². The highest BCUT2D eigenvalue weighted by molar-refractivity contribution is 6.31. The summed E-state index contributed by atoms with van der Waals surface area (Å²) in [7, 11) is 1.60. The number of halogens is 3. The fourth-order valence-electron chi connectivity index (χ4n) is 4.64. The first-order valence-electron chi connectivity index (χ1n) is 11.1. The molecule has 1 aromatic heterocycles. The van der Waals surface area contributed by atoms with Crippen molar-refractivity contribution in [2.24, 2.45) is 0 Å². The fourth-order valence-corrected chi connectivity index (χ4v) is 4.94. The van der Waals surface area contributed by atoms with Crippen molar-refractivity contribution in [1.82, 2.24) is 9.78 Å². The fraction of sp³-hybridized carbons (Fsp3) is 0.185. The van der Waals surface area contributed by atoms with Crippen LogP contribution in [0.2, 0.25) is 10.0 Å². The number of aromatic nitrogens is 2. The number of methoxy groups -OCH3 is 1. The summed E-state index contributed by atoms with van der Waals surface area (Å²) >= 11 is 12.3. The van der Waals surface area contributed by atoms with E-state index >= 15 is 0 Å². The Bertz CT molecular complexity index is 1430. The van der Waals surface area contributed by atoms with Crippen LogP contribution in [0.5, 0.6) is 5.75 Å². The molecular weight excluding hydrogens is 488 g/mol. The standard InChI is InChI=1S/C27H22Cl2FN3O2/c1-15(2)25-23-24(31-33(25)21-6-4-5-7-22(21)35-3)27(34)32(18-12-13-20(30)19(29)14-18)26(23)16-8-10-17(28)11-9-16/h4-15,26H,1-3H3. The van der Waals surface area contributed by atoms with E-state index in [2.05, 4.69) is 13.8 Å². The quantitative estimate of drug-likeness (QED) is 0.285. The average Bonchev–Trinajstić information content (AvgIpc) is 3.37. The van der Waals surface area contributed by atoms with Gasteiger partial charge in [0.1, 0.15) is 17.3 Å². The Hall–Kier alpha value is -3.35. The van der Waals surface area contributed by atoms with Gasteiger partial charge >= 0.3 is 0 Å². The van der Waals surface area contributed by atoms with E-state index in [1.165, 1.54) is 12.1 Å². The van der Waals surface area contributed by atoms with Gasteiger partial charge in [0, 0.05) is 16.3 Å². The lowest BCUT2D eigenvalue weighted by molar-refractivity contribution is 0.0988. The molecule has 0 bridgehead atoms. The highest BCUT2D eigenvalue weighted by atomic mass is 35.5. The van der Waals surface area contributed by atoms with Crippen molar-refractivity contribution in [2.45, 2.75) is 25.8 Å². The van der Waals surface area contributed by atoms with Gasteiger partial charge in [-0.1, -0.05) is 61.3 Å². The number of rotatable bonds is 5.